The monoisotopic (exact) mass is 248 g/mol. The number of rotatable bonds is 6. The number of hydrogen-bond donors (Lipinski definition) is 1. The van der Waals surface area contributed by atoms with Crippen molar-refractivity contribution in [1.29, 1.82) is 0 Å². The predicted molar refractivity (Wildman–Crippen MR) is 77.0 cm³/mol. The molecule has 0 fully saturated rings. The number of anilines is 1. The molecule has 0 saturated heterocycles. The van der Waals surface area contributed by atoms with Gasteiger partial charge in [-0.3, -0.25) is 4.79 Å². The molecule has 1 rings (SSSR count). The Hall–Kier alpha value is -1.51. The second-order valence-electron chi connectivity index (χ2n) is 4.73. The van der Waals surface area contributed by atoms with Gasteiger partial charge in [0.05, 0.1) is 6.54 Å². The van der Waals surface area contributed by atoms with Crippen molar-refractivity contribution in [3.63, 3.8) is 0 Å². The lowest BCUT2D eigenvalue weighted by Gasteiger charge is -2.23. The highest BCUT2D eigenvalue weighted by atomic mass is 16.2. The molecule has 3 heteroatoms. The maximum absolute atomic E-state index is 11.9. The Kier molecular flexibility index (Phi) is 5.69. The van der Waals surface area contributed by atoms with Crippen LogP contribution in [-0.2, 0) is 4.79 Å². The minimum absolute atomic E-state index is 0.0905. The van der Waals surface area contributed by atoms with E-state index < -0.39 is 0 Å². The van der Waals surface area contributed by atoms with E-state index in [-0.39, 0.29) is 11.9 Å². The summed E-state index contributed by atoms with van der Waals surface area (Å²) in [6.45, 7) is 9.49. The van der Waals surface area contributed by atoms with E-state index in [0.717, 1.165) is 18.7 Å². The van der Waals surface area contributed by atoms with E-state index in [4.69, 9.17) is 0 Å². The third kappa shape index (κ3) is 4.40. The van der Waals surface area contributed by atoms with Crippen LogP contribution in [-0.4, -0.2) is 25.0 Å². The van der Waals surface area contributed by atoms with Crippen LogP contribution in [0.5, 0.6) is 0 Å². The van der Waals surface area contributed by atoms with Crippen LogP contribution in [0.4, 0.5) is 5.69 Å². The summed E-state index contributed by atoms with van der Waals surface area (Å²) in [6, 6.07) is 8.50. The van der Waals surface area contributed by atoms with Gasteiger partial charge >= 0.3 is 0 Å². The number of benzene rings is 1. The van der Waals surface area contributed by atoms with Gasteiger partial charge in [-0.25, -0.2) is 0 Å². The topological polar surface area (TPSA) is 32.3 Å². The zero-order chi connectivity index (χ0) is 13.5. The summed E-state index contributed by atoms with van der Waals surface area (Å²) < 4.78 is 0. The van der Waals surface area contributed by atoms with Crippen molar-refractivity contribution in [3.8, 4) is 0 Å². The highest BCUT2D eigenvalue weighted by Crippen LogP contribution is 2.15. The smallest absolute Gasteiger partial charge is 0.239 e. The first-order chi connectivity index (χ1) is 8.56. The number of amides is 1. The highest BCUT2D eigenvalue weighted by Gasteiger charge is 2.11. The van der Waals surface area contributed by atoms with E-state index in [0.29, 0.717) is 6.54 Å². The molecule has 1 amide bonds. The molecule has 0 aliphatic rings. The zero-order valence-corrected chi connectivity index (χ0v) is 11.9. The molecule has 0 aliphatic heterocycles. The number of nitrogens with one attached hydrogen (secondary N) is 1. The lowest BCUT2D eigenvalue weighted by Crippen LogP contribution is -2.40. The molecule has 1 aromatic rings. The molecule has 18 heavy (non-hydrogen) atoms. The minimum atomic E-state index is 0.0905. The number of hydrogen-bond acceptors (Lipinski definition) is 2. The lowest BCUT2D eigenvalue weighted by atomic mass is 10.2. The number of carbonyl (C=O) groups is 1. The largest absolute Gasteiger partial charge is 0.362 e. The number of carbonyl (C=O) groups excluding carboxylic acids is 1. The summed E-state index contributed by atoms with van der Waals surface area (Å²) in [7, 11) is 0. The molecule has 1 unspecified atom stereocenters. The first-order valence-electron chi connectivity index (χ1n) is 6.67. The normalized spacial score (nSPS) is 12.0. The second-order valence-corrected chi connectivity index (χ2v) is 4.73. The Balaban J connectivity index is 2.65. The van der Waals surface area contributed by atoms with Crippen LogP contribution in [0.25, 0.3) is 0 Å². The molecule has 0 bridgehead atoms. The molecule has 0 spiro atoms. The molecule has 0 aromatic heterocycles. The fourth-order valence-corrected chi connectivity index (χ4v) is 1.81. The maximum Gasteiger partial charge on any atom is 0.239 e. The Morgan fingerprint density at radius 1 is 1.39 bits per heavy atom. The summed E-state index contributed by atoms with van der Waals surface area (Å²) in [6.07, 6.45) is 0.961. The zero-order valence-electron chi connectivity index (χ0n) is 11.9. The van der Waals surface area contributed by atoms with Gasteiger partial charge in [0, 0.05) is 18.3 Å². The summed E-state index contributed by atoms with van der Waals surface area (Å²) in [5.41, 5.74) is 2.32. The third-order valence-corrected chi connectivity index (χ3v) is 3.10. The van der Waals surface area contributed by atoms with E-state index in [2.05, 4.69) is 43.1 Å². The lowest BCUT2D eigenvalue weighted by molar-refractivity contribution is -0.120. The van der Waals surface area contributed by atoms with Crippen molar-refractivity contribution in [2.75, 3.05) is 18.0 Å². The van der Waals surface area contributed by atoms with E-state index in [1.807, 2.05) is 19.1 Å². The molecular weight excluding hydrogens is 224 g/mol. The van der Waals surface area contributed by atoms with Crippen LogP contribution in [0, 0.1) is 6.92 Å². The van der Waals surface area contributed by atoms with Gasteiger partial charge in [-0.15, -0.1) is 0 Å². The van der Waals surface area contributed by atoms with E-state index >= 15 is 0 Å². The first kappa shape index (κ1) is 14.6. The molecule has 1 N–H and O–H groups in total. The van der Waals surface area contributed by atoms with Crippen molar-refractivity contribution < 1.29 is 4.79 Å². The number of nitrogens with zero attached hydrogens (tertiary/aromatic N) is 1. The number of aryl methyl sites for hydroxylation is 1. The standard InChI is InChI=1S/C15H24N2O/c1-5-13(4)16-15(18)11-17(6-2)14-9-7-8-12(3)10-14/h7-10,13H,5-6,11H2,1-4H3,(H,16,18). The van der Waals surface area contributed by atoms with Gasteiger partial charge < -0.3 is 10.2 Å². The summed E-state index contributed by atoms with van der Waals surface area (Å²) in [5, 5.41) is 3.00. The molecular formula is C15H24N2O. The molecule has 0 heterocycles. The predicted octanol–water partition coefficient (Wildman–Crippen LogP) is 2.74. The van der Waals surface area contributed by atoms with Gasteiger partial charge in [-0.2, -0.15) is 0 Å². The second kappa shape index (κ2) is 7.04. The summed E-state index contributed by atoms with van der Waals surface area (Å²) in [4.78, 5) is 14.0. The van der Waals surface area contributed by atoms with Crippen molar-refractivity contribution >= 4 is 11.6 Å². The van der Waals surface area contributed by atoms with E-state index in [1.165, 1.54) is 5.56 Å². The minimum Gasteiger partial charge on any atom is -0.362 e. The van der Waals surface area contributed by atoms with Gasteiger partial charge in [0.2, 0.25) is 5.91 Å². The molecule has 1 atom stereocenters. The van der Waals surface area contributed by atoms with Crippen molar-refractivity contribution in [2.24, 2.45) is 0 Å². The van der Waals surface area contributed by atoms with Gasteiger partial charge in [0.1, 0.15) is 0 Å². The fourth-order valence-electron chi connectivity index (χ4n) is 1.81. The molecule has 1 aromatic carbocycles. The molecule has 0 saturated carbocycles. The fraction of sp³-hybridized carbons (Fsp3) is 0.533. The van der Waals surface area contributed by atoms with Gasteiger partial charge in [-0.05, 0) is 44.9 Å². The first-order valence-corrected chi connectivity index (χ1v) is 6.67. The molecule has 3 nitrogen and oxygen atoms in total. The Bertz CT molecular complexity index is 390. The Morgan fingerprint density at radius 2 is 2.11 bits per heavy atom. The average Bonchev–Trinajstić information content (AvgIpc) is 2.35. The Morgan fingerprint density at radius 3 is 2.67 bits per heavy atom. The number of likely N-dealkylation sites (N-methyl/N-ethyl adjacent to an activating group) is 1. The molecule has 0 aliphatic carbocycles. The van der Waals surface area contributed by atoms with E-state index in [9.17, 15) is 4.79 Å². The quantitative estimate of drug-likeness (QED) is 0.839. The van der Waals surface area contributed by atoms with Crippen LogP contribution in [0.3, 0.4) is 0 Å². The Labute approximate surface area is 110 Å². The van der Waals surface area contributed by atoms with Crippen LogP contribution >= 0.6 is 0 Å². The molecule has 100 valence electrons. The molecule has 0 radical (unpaired) electrons. The van der Waals surface area contributed by atoms with Gasteiger partial charge in [0.15, 0.2) is 0 Å². The van der Waals surface area contributed by atoms with Gasteiger partial charge in [0.25, 0.3) is 0 Å². The third-order valence-electron chi connectivity index (χ3n) is 3.10. The van der Waals surface area contributed by atoms with Gasteiger partial charge in [-0.1, -0.05) is 19.1 Å². The van der Waals surface area contributed by atoms with Crippen LogP contribution < -0.4 is 10.2 Å². The highest BCUT2D eigenvalue weighted by molar-refractivity contribution is 5.81. The van der Waals surface area contributed by atoms with E-state index in [1.54, 1.807) is 0 Å². The summed E-state index contributed by atoms with van der Waals surface area (Å²) in [5.74, 6) is 0.0905. The van der Waals surface area contributed by atoms with Crippen LogP contribution in [0.1, 0.15) is 32.8 Å². The van der Waals surface area contributed by atoms with Crippen LogP contribution in [0.15, 0.2) is 24.3 Å². The van der Waals surface area contributed by atoms with Crippen molar-refractivity contribution in [2.45, 2.75) is 40.2 Å². The van der Waals surface area contributed by atoms with Crippen LogP contribution in [0.2, 0.25) is 0 Å². The SMILES string of the molecule is CCC(C)NC(=O)CN(CC)c1cccc(C)c1. The summed E-state index contributed by atoms with van der Waals surface area (Å²) >= 11 is 0. The maximum atomic E-state index is 11.9. The average molecular weight is 248 g/mol. The van der Waals surface area contributed by atoms with Crippen molar-refractivity contribution in [1.82, 2.24) is 5.32 Å². The van der Waals surface area contributed by atoms with Crippen molar-refractivity contribution in [3.05, 3.63) is 29.8 Å².